The number of H-pyrrole nitrogens is 1. The number of aryl methyl sites for hydroxylation is 1. The number of hydrogen-bond acceptors (Lipinski definition) is 9. The quantitative estimate of drug-likeness (QED) is 0.355. The van der Waals surface area contributed by atoms with Crippen molar-refractivity contribution in [3.63, 3.8) is 0 Å². The number of hydrogen-bond donors (Lipinski definition) is 3. The van der Waals surface area contributed by atoms with Crippen molar-refractivity contribution in [2.75, 3.05) is 6.61 Å². The average molecular weight is 479 g/mol. The predicted octanol–water partition coefficient (Wildman–Crippen LogP) is 3.37. The number of aliphatic hydroxyl groups is 2. The second kappa shape index (κ2) is 10.4. The standard InChI is InChI=1S/C22H22BN5O3S2/c1-14-16(6-5-9-24-14)31-17-10-15(32-19-7-3-4-8-25-19)12-26-20(17)28-21-27-18(23-33-21)11-22(2,30)13-29/h3-10,12,29-30H,11,13H2,1-2H3,(H,26,27,28). The zero-order valence-corrected chi connectivity index (χ0v) is 19.7. The zero-order chi connectivity index (χ0) is 23.3. The summed E-state index contributed by atoms with van der Waals surface area (Å²) in [6, 6.07) is 11.3. The van der Waals surface area contributed by atoms with Crippen LogP contribution in [0.1, 0.15) is 18.2 Å². The van der Waals surface area contributed by atoms with Crippen LogP contribution in [-0.4, -0.2) is 48.5 Å². The summed E-state index contributed by atoms with van der Waals surface area (Å²) in [7, 11) is 0. The van der Waals surface area contributed by atoms with Gasteiger partial charge in [0.25, 0.3) is 0 Å². The number of aromatic amines is 1. The molecule has 0 spiro atoms. The molecule has 8 nitrogen and oxygen atoms in total. The zero-order valence-electron chi connectivity index (χ0n) is 18.1. The Morgan fingerprint density at radius 2 is 2.03 bits per heavy atom. The van der Waals surface area contributed by atoms with E-state index in [0.29, 0.717) is 22.1 Å². The summed E-state index contributed by atoms with van der Waals surface area (Å²) in [4.78, 5) is 22.4. The van der Waals surface area contributed by atoms with Gasteiger partial charge in [0.1, 0.15) is 0 Å². The number of nitrogens with zero attached hydrogens (tertiary/aromatic N) is 4. The molecule has 0 aliphatic heterocycles. The third-order valence-corrected chi connectivity index (χ3v) is 6.27. The maximum absolute atomic E-state index is 10.1. The van der Waals surface area contributed by atoms with Crippen molar-refractivity contribution >= 4 is 34.9 Å². The molecule has 1 unspecified atom stereocenters. The Bertz CT molecular complexity index is 1290. The molecule has 0 amide bonds. The summed E-state index contributed by atoms with van der Waals surface area (Å²) < 4.78 is 6.16. The van der Waals surface area contributed by atoms with E-state index >= 15 is 0 Å². The fourth-order valence-corrected chi connectivity index (χ4v) is 4.38. The summed E-state index contributed by atoms with van der Waals surface area (Å²) in [5.74, 6) is 1.51. The summed E-state index contributed by atoms with van der Waals surface area (Å²) in [6.07, 6.45) is 7.32. The molecule has 0 fully saturated rings. The monoisotopic (exact) mass is 479 g/mol. The van der Waals surface area contributed by atoms with Crippen molar-refractivity contribution in [1.82, 2.24) is 19.9 Å². The summed E-state index contributed by atoms with van der Waals surface area (Å²) >= 11 is 2.86. The van der Waals surface area contributed by atoms with E-state index in [9.17, 15) is 10.2 Å². The summed E-state index contributed by atoms with van der Waals surface area (Å²) in [5, 5.41) is 20.3. The molecule has 4 heterocycles. The fraction of sp³-hybridized carbons (Fsp3) is 0.227. The number of rotatable bonds is 8. The van der Waals surface area contributed by atoms with Gasteiger partial charge in [0.05, 0.1) is 0 Å². The second-order valence-electron chi connectivity index (χ2n) is 7.59. The van der Waals surface area contributed by atoms with Crippen molar-refractivity contribution in [3.05, 3.63) is 71.1 Å². The van der Waals surface area contributed by atoms with E-state index in [1.165, 1.54) is 22.9 Å². The number of aliphatic hydroxyl groups excluding tert-OH is 1. The molecule has 0 bridgehead atoms. The Hall–Kier alpha value is -2.86. The first-order valence-electron chi connectivity index (χ1n) is 10.1. The van der Waals surface area contributed by atoms with Crippen LogP contribution < -0.4 is 9.54 Å². The molecule has 4 aromatic heterocycles. The van der Waals surface area contributed by atoms with Crippen LogP contribution in [0.2, 0.25) is 0 Å². The molecule has 0 aliphatic carbocycles. The van der Waals surface area contributed by atoms with Crippen LogP contribution in [-0.2, 0) is 6.42 Å². The molecule has 33 heavy (non-hydrogen) atoms. The second-order valence-corrected chi connectivity index (χ2v) is 9.54. The molecule has 0 aromatic carbocycles. The van der Waals surface area contributed by atoms with Gasteiger partial charge < -0.3 is 0 Å². The Kier molecular flexibility index (Phi) is 7.34. The molecule has 0 saturated carbocycles. The van der Waals surface area contributed by atoms with Gasteiger partial charge in [-0.15, -0.1) is 0 Å². The van der Waals surface area contributed by atoms with E-state index in [1.807, 2.05) is 49.5 Å². The normalized spacial score (nSPS) is 13.5. The van der Waals surface area contributed by atoms with Crippen LogP contribution in [0.25, 0.3) is 0 Å². The molecule has 4 rings (SSSR count). The van der Waals surface area contributed by atoms with Crippen LogP contribution >= 0.6 is 22.9 Å². The van der Waals surface area contributed by atoms with Crippen molar-refractivity contribution in [1.29, 1.82) is 0 Å². The Balaban J connectivity index is 1.68. The molecule has 3 N–H and O–H groups in total. The Labute approximate surface area is 199 Å². The Morgan fingerprint density at radius 3 is 2.79 bits per heavy atom. The number of pyridine rings is 3. The van der Waals surface area contributed by atoms with Crippen molar-refractivity contribution in [2.45, 2.75) is 35.8 Å². The van der Waals surface area contributed by atoms with Gasteiger partial charge in [-0.3, -0.25) is 0 Å². The van der Waals surface area contributed by atoms with Crippen LogP contribution in [0.5, 0.6) is 11.5 Å². The third-order valence-electron chi connectivity index (χ3n) is 4.55. The van der Waals surface area contributed by atoms with Gasteiger partial charge in [0.2, 0.25) is 0 Å². The van der Waals surface area contributed by atoms with Gasteiger partial charge in [-0.25, -0.2) is 0 Å². The minimum absolute atomic E-state index is 0.279. The van der Waals surface area contributed by atoms with Gasteiger partial charge in [-0.1, -0.05) is 0 Å². The Morgan fingerprint density at radius 1 is 1.18 bits per heavy atom. The maximum atomic E-state index is 10.1. The fourth-order valence-electron chi connectivity index (χ4n) is 2.88. The molecule has 168 valence electrons. The molecule has 11 heteroatoms. The van der Waals surface area contributed by atoms with Crippen LogP contribution in [0.15, 0.2) is 69.9 Å². The van der Waals surface area contributed by atoms with Crippen LogP contribution in [0.3, 0.4) is 0 Å². The molecular formula is C22H22BN5O3S2. The molecular weight excluding hydrogens is 457 g/mol. The number of nitrogens with one attached hydrogen (secondary N) is 1. The van der Waals surface area contributed by atoms with Crippen LogP contribution in [0.4, 0.5) is 5.82 Å². The van der Waals surface area contributed by atoms with Crippen LogP contribution in [0, 0.1) is 6.92 Å². The minimum atomic E-state index is -1.20. The molecule has 0 aliphatic rings. The number of ether oxygens (including phenoxy) is 1. The first kappa shape index (κ1) is 23.3. The van der Waals surface area contributed by atoms with E-state index in [0.717, 1.165) is 21.2 Å². The van der Waals surface area contributed by atoms with E-state index in [1.54, 1.807) is 25.5 Å². The first-order chi connectivity index (χ1) is 15.9. The van der Waals surface area contributed by atoms with Gasteiger partial charge in [0.15, 0.2) is 0 Å². The van der Waals surface area contributed by atoms with E-state index in [4.69, 9.17) is 4.74 Å². The molecule has 4 aromatic rings. The van der Waals surface area contributed by atoms with Crippen molar-refractivity contribution in [2.24, 2.45) is 4.99 Å². The van der Waals surface area contributed by atoms with Gasteiger partial charge in [-0.2, -0.15) is 0 Å². The SMILES string of the molecule is Cc1ncccc1Oc1cc(Sc2ccccn2)cnc1/N=c1/[nH]c(CC(C)(O)CO)bs1. The van der Waals surface area contributed by atoms with Crippen molar-refractivity contribution < 1.29 is 14.9 Å². The number of aromatic nitrogens is 4. The average Bonchev–Trinajstić information content (AvgIpc) is 3.24. The predicted molar refractivity (Wildman–Crippen MR) is 128 cm³/mol. The van der Waals surface area contributed by atoms with Gasteiger partial charge in [0, 0.05) is 0 Å². The van der Waals surface area contributed by atoms with Gasteiger partial charge in [-0.05, 0) is 0 Å². The molecule has 0 radical (unpaired) electrons. The van der Waals surface area contributed by atoms with Crippen molar-refractivity contribution in [3.8, 4) is 11.5 Å². The molecule has 0 saturated heterocycles. The topological polar surface area (TPSA) is 117 Å². The summed E-state index contributed by atoms with van der Waals surface area (Å²) in [5.41, 5.74) is 0.317. The van der Waals surface area contributed by atoms with E-state index in [-0.39, 0.29) is 13.0 Å². The molecule has 1 atom stereocenters. The van der Waals surface area contributed by atoms with E-state index in [2.05, 4.69) is 24.9 Å². The van der Waals surface area contributed by atoms with Gasteiger partial charge >= 0.3 is 200 Å². The first-order valence-corrected chi connectivity index (χ1v) is 11.8. The third kappa shape index (κ3) is 6.35. The summed E-state index contributed by atoms with van der Waals surface area (Å²) in [6.45, 7) is 3.12. The van der Waals surface area contributed by atoms with E-state index < -0.39 is 5.60 Å².